The number of nitrogens with one attached hydrogen (secondary N) is 1. The quantitative estimate of drug-likeness (QED) is 0.842. The zero-order chi connectivity index (χ0) is 16.0. The summed E-state index contributed by atoms with van der Waals surface area (Å²) in [5.41, 5.74) is 8.09. The number of hydrogen-bond acceptors (Lipinski definition) is 2. The van der Waals surface area contributed by atoms with E-state index in [2.05, 4.69) is 50.4 Å². The molecule has 0 radical (unpaired) electrons. The molecule has 0 bridgehead atoms. The molecule has 3 heteroatoms. The largest absolute Gasteiger partial charge is 0.349 e. The lowest BCUT2D eigenvalue weighted by molar-refractivity contribution is -0.125. The molecule has 118 valence electrons. The molecule has 0 aliphatic heterocycles. The maximum absolute atomic E-state index is 12.1. The van der Waals surface area contributed by atoms with Crippen molar-refractivity contribution in [2.24, 2.45) is 11.7 Å². The predicted octanol–water partition coefficient (Wildman–Crippen LogP) is 3.54. The molecule has 2 atom stereocenters. The zero-order valence-corrected chi connectivity index (χ0v) is 14.1. The van der Waals surface area contributed by atoms with Crippen molar-refractivity contribution in [1.82, 2.24) is 5.32 Å². The Morgan fingerprint density at radius 3 is 2.24 bits per heavy atom. The minimum Gasteiger partial charge on any atom is -0.349 e. The highest BCUT2D eigenvalue weighted by atomic mass is 16.1. The van der Waals surface area contributed by atoms with E-state index in [1.807, 2.05) is 13.8 Å². The van der Waals surface area contributed by atoms with Crippen molar-refractivity contribution < 1.29 is 4.79 Å². The van der Waals surface area contributed by atoms with Gasteiger partial charge in [-0.3, -0.25) is 4.79 Å². The van der Waals surface area contributed by atoms with Gasteiger partial charge >= 0.3 is 0 Å². The van der Waals surface area contributed by atoms with Crippen LogP contribution in [0.25, 0.3) is 0 Å². The van der Waals surface area contributed by atoms with Gasteiger partial charge in [0.25, 0.3) is 0 Å². The second-order valence-corrected chi connectivity index (χ2v) is 6.93. The lowest BCUT2D eigenvalue weighted by atomic mass is 9.86. The van der Waals surface area contributed by atoms with E-state index in [-0.39, 0.29) is 23.3 Å². The molecule has 0 spiro atoms. The molecule has 0 aliphatic carbocycles. The number of carbonyl (C=O) groups excluding carboxylic acids is 1. The fraction of sp³-hybridized carbons (Fsp3) is 0.611. The van der Waals surface area contributed by atoms with Gasteiger partial charge in [0.1, 0.15) is 0 Å². The highest BCUT2D eigenvalue weighted by Crippen LogP contribution is 2.24. The lowest BCUT2D eigenvalue weighted by Crippen LogP contribution is -2.31. The first-order valence-electron chi connectivity index (χ1n) is 7.86. The van der Waals surface area contributed by atoms with Crippen LogP contribution in [0.3, 0.4) is 0 Å². The van der Waals surface area contributed by atoms with Crippen LogP contribution in [0.4, 0.5) is 0 Å². The molecular weight excluding hydrogens is 260 g/mol. The van der Waals surface area contributed by atoms with E-state index in [1.165, 1.54) is 5.56 Å². The van der Waals surface area contributed by atoms with E-state index in [4.69, 9.17) is 5.73 Å². The summed E-state index contributed by atoms with van der Waals surface area (Å²) in [5, 5.41) is 3.08. The Morgan fingerprint density at radius 1 is 1.19 bits per heavy atom. The minimum atomic E-state index is 0.0184. The molecule has 0 saturated heterocycles. The molecule has 1 aromatic rings. The maximum atomic E-state index is 12.1. The number of benzene rings is 1. The normalized spacial score (nSPS) is 14.6. The summed E-state index contributed by atoms with van der Waals surface area (Å²) in [4.78, 5) is 12.1. The van der Waals surface area contributed by atoms with Gasteiger partial charge in [-0.15, -0.1) is 0 Å². The first-order valence-corrected chi connectivity index (χ1v) is 7.86. The molecule has 0 fully saturated rings. The third kappa shape index (κ3) is 5.50. The highest BCUT2D eigenvalue weighted by Gasteiger charge is 2.17. The summed E-state index contributed by atoms with van der Waals surface area (Å²) in [6, 6.07) is 8.55. The fourth-order valence-electron chi connectivity index (χ4n) is 2.27. The van der Waals surface area contributed by atoms with Gasteiger partial charge in [-0.2, -0.15) is 0 Å². The standard InChI is InChI=1S/C18H30N2O/c1-13(7-6-12-19)17(21)20-14(2)15-8-10-16(11-9-15)18(3,4)5/h8-11,13-14H,6-7,12,19H2,1-5H3,(H,20,21). The van der Waals surface area contributed by atoms with Crippen LogP contribution >= 0.6 is 0 Å². The molecule has 0 aromatic heterocycles. The van der Waals surface area contributed by atoms with E-state index >= 15 is 0 Å². The average Bonchev–Trinajstić information content (AvgIpc) is 2.43. The van der Waals surface area contributed by atoms with Crippen molar-refractivity contribution in [1.29, 1.82) is 0 Å². The van der Waals surface area contributed by atoms with Crippen LogP contribution in [-0.2, 0) is 10.2 Å². The van der Waals surface area contributed by atoms with Crippen LogP contribution < -0.4 is 11.1 Å². The zero-order valence-electron chi connectivity index (χ0n) is 14.1. The van der Waals surface area contributed by atoms with Crippen molar-refractivity contribution in [2.45, 2.75) is 58.9 Å². The van der Waals surface area contributed by atoms with Crippen LogP contribution in [0.5, 0.6) is 0 Å². The van der Waals surface area contributed by atoms with Crippen LogP contribution in [0.1, 0.15) is 64.6 Å². The summed E-state index contributed by atoms with van der Waals surface area (Å²) < 4.78 is 0. The van der Waals surface area contributed by atoms with Gasteiger partial charge in [0.15, 0.2) is 0 Å². The molecule has 21 heavy (non-hydrogen) atoms. The Labute approximate surface area is 129 Å². The predicted molar refractivity (Wildman–Crippen MR) is 89.2 cm³/mol. The van der Waals surface area contributed by atoms with Crippen molar-refractivity contribution >= 4 is 5.91 Å². The number of hydrogen-bond donors (Lipinski definition) is 2. The molecule has 2 unspecified atom stereocenters. The smallest absolute Gasteiger partial charge is 0.223 e. The fourth-order valence-corrected chi connectivity index (χ4v) is 2.27. The summed E-state index contributed by atoms with van der Waals surface area (Å²) in [5.74, 6) is 0.126. The van der Waals surface area contributed by atoms with Crippen molar-refractivity contribution in [2.75, 3.05) is 6.54 Å². The van der Waals surface area contributed by atoms with Gasteiger partial charge in [0.05, 0.1) is 6.04 Å². The van der Waals surface area contributed by atoms with Gasteiger partial charge in [0, 0.05) is 5.92 Å². The summed E-state index contributed by atoms with van der Waals surface area (Å²) in [7, 11) is 0. The highest BCUT2D eigenvalue weighted by molar-refractivity contribution is 5.78. The van der Waals surface area contributed by atoms with Gasteiger partial charge in [-0.05, 0) is 42.9 Å². The monoisotopic (exact) mass is 290 g/mol. The Balaban J connectivity index is 2.63. The van der Waals surface area contributed by atoms with E-state index < -0.39 is 0 Å². The average molecular weight is 290 g/mol. The molecule has 1 rings (SSSR count). The SMILES string of the molecule is CC(CCCN)C(=O)NC(C)c1ccc(C(C)(C)C)cc1. The molecule has 1 aromatic carbocycles. The van der Waals surface area contributed by atoms with E-state index in [0.29, 0.717) is 6.54 Å². The second-order valence-electron chi connectivity index (χ2n) is 6.93. The van der Waals surface area contributed by atoms with E-state index in [0.717, 1.165) is 18.4 Å². The van der Waals surface area contributed by atoms with Crippen LogP contribution in [0.15, 0.2) is 24.3 Å². The number of rotatable bonds is 6. The van der Waals surface area contributed by atoms with Gasteiger partial charge in [-0.1, -0.05) is 52.0 Å². The first kappa shape index (κ1) is 17.7. The maximum Gasteiger partial charge on any atom is 0.223 e. The third-order valence-electron chi connectivity index (χ3n) is 3.92. The topological polar surface area (TPSA) is 55.1 Å². The molecule has 0 heterocycles. The van der Waals surface area contributed by atoms with Crippen LogP contribution in [0, 0.1) is 5.92 Å². The number of amides is 1. The Morgan fingerprint density at radius 2 is 1.76 bits per heavy atom. The lowest BCUT2D eigenvalue weighted by Gasteiger charge is -2.21. The van der Waals surface area contributed by atoms with E-state index in [1.54, 1.807) is 0 Å². The van der Waals surface area contributed by atoms with Crippen molar-refractivity contribution in [3.05, 3.63) is 35.4 Å². The molecular formula is C18H30N2O. The van der Waals surface area contributed by atoms with E-state index in [9.17, 15) is 4.79 Å². The Bertz CT molecular complexity index is 445. The Hall–Kier alpha value is -1.35. The third-order valence-corrected chi connectivity index (χ3v) is 3.92. The molecule has 3 nitrogen and oxygen atoms in total. The van der Waals surface area contributed by atoms with Crippen LogP contribution in [0.2, 0.25) is 0 Å². The van der Waals surface area contributed by atoms with Crippen molar-refractivity contribution in [3.8, 4) is 0 Å². The first-order chi connectivity index (χ1) is 9.75. The number of carbonyl (C=O) groups is 1. The molecule has 0 aliphatic rings. The second kappa shape index (κ2) is 7.60. The molecule has 1 amide bonds. The van der Waals surface area contributed by atoms with Crippen LogP contribution in [-0.4, -0.2) is 12.5 Å². The summed E-state index contributed by atoms with van der Waals surface area (Å²) >= 11 is 0. The summed E-state index contributed by atoms with van der Waals surface area (Å²) in [6.07, 6.45) is 1.74. The molecule has 0 saturated carbocycles. The Kier molecular flexibility index (Phi) is 6.41. The minimum absolute atomic E-state index is 0.0184. The van der Waals surface area contributed by atoms with Crippen molar-refractivity contribution in [3.63, 3.8) is 0 Å². The van der Waals surface area contributed by atoms with Gasteiger partial charge < -0.3 is 11.1 Å². The molecule has 3 N–H and O–H groups in total. The number of nitrogens with two attached hydrogens (primary N) is 1. The van der Waals surface area contributed by atoms with Gasteiger partial charge in [0.2, 0.25) is 5.91 Å². The summed E-state index contributed by atoms with van der Waals surface area (Å²) in [6.45, 7) is 11.2. The van der Waals surface area contributed by atoms with Gasteiger partial charge in [-0.25, -0.2) is 0 Å².